The van der Waals surface area contributed by atoms with Crippen LogP contribution in [0.2, 0.25) is 0 Å². The third kappa shape index (κ3) is 2.55. The summed E-state index contributed by atoms with van der Waals surface area (Å²) in [5.74, 6) is -0.840. The van der Waals surface area contributed by atoms with Crippen molar-refractivity contribution in [3.8, 4) is 0 Å². The summed E-state index contributed by atoms with van der Waals surface area (Å²) in [6.07, 6.45) is -2.73. The summed E-state index contributed by atoms with van der Waals surface area (Å²) in [4.78, 5) is 3.19. The van der Waals surface area contributed by atoms with Gasteiger partial charge in [0.05, 0.1) is 0 Å². The van der Waals surface area contributed by atoms with Crippen molar-refractivity contribution >= 4 is 38.5 Å². The number of nitrogens with zero attached hydrogens (tertiary/aromatic N) is 1. The van der Waals surface area contributed by atoms with E-state index in [9.17, 15) is 13.2 Å². The smallest absolute Gasteiger partial charge is 0.217 e. The van der Waals surface area contributed by atoms with Crippen LogP contribution < -0.4 is 0 Å². The molecule has 1 heterocycles. The summed E-state index contributed by atoms with van der Waals surface area (Å²) in [5.41, 5.74) is -0.211. The summed E-state index contributed by atoms with van der Waals surface area (Å²) in [6, 6.07) is 1.36. The molecule has 1 aromatic rings. The fourth-order valence-electron chi connectivity index (χ4n) is 0.764. The van der Waals surface area contributed by atoms with Gasteiger partial charge < -0.3 is 0 Å². The van der Waals surface area contributed by atoms with Crippen molar-refractivity contribution < 1.29 is 13.2 Å². The van der Waals surface area contributed by atoms with Crippen LogP contribution in [-0.2, 0) is 5.33 Å². The van der Waals surface area contributed by atoms with E-state index in [0.29, 0.717) is 0 Å². The molecule has 13 heavy (non-hydrogen) atoms. The maximum Gasteiger partial charge on any atom is 0.281 e. The monoisotopic (exact) mass is 365 g/mol. The Balaban J connectivity index is 3.20. The van der Waals surface area contributed by atoms with Crippen molar-refractivity contribution in [2.45, 2.75) is 11.8 Å². The molecule has 6 heteroatoms. The minimum absolute atomic E-state index is 0.269. The molecule has 0 aromatic carbocycles. The zero-order chi connectivity index (χ0) is 10.0. The second kappa shape index (κ2) is 4.59. The first-order valence-electron chi connectivity index (χ1n) is 3.25. The molecule has 0 bridgehead atoms. The first-order chi connectivity index (χ1) is 6.06. The number of pyridine rings is 1. The van der Waals surface area contributed by atoms with Crippen molar-refractivity contribution in [3.63, 3.8) is 0 Å². The third-order valence-electron chi connectivity index (χ3n) is 1.38. The number of halogens is 5. The van der Waals surface area contributed by atoms with Crippen LogP contribution >= 0.6 is 38.5 Å². The minimum Gasteiger partial charge on any atom is -0.217 e. The van der Waals surface area contributed by atoms with E-state index in [1.807, 2.05) is 0 Å². The number of hydrogen-bond donors (Lipinski definition) is 0. The highest BCUT2D eigenvalue weighted by molar-refractivity contribution is 14.1. The highest BCUT2D eigenvalue weighted by Crippen LogP contribution is 2.24. The summed E-state index contributed by atoms with van der Waals surface area (Å²) in [6.45, 7) is 0. The molecular formula is C7H4BrF3IN. The van der Waals surface area contributed by atoms with E-state index >= 15 is 0 Å². The topological polar surface area (TPSA) is 12.9 Å². The SMILES string of the molecule is Fc1nc(C(F)F)c(I)cc1CBr. The lowest BCUT2D eigenvalue weighted by Gasteiger charge is -2.04. The van der Waals surface area contributed by atoms with Crippen LogP contribution in [0.4, 0.5) is 13.2 Å². The summed E-state index contributed by atoms with van der Waals surface area (Å²) < 4.78 is 37.6. The largest absolute Gasteiger partial charge is 0.281 e. The van der Waals surface area contributed by atoms with Crippen molar-refractivity contribution in [2.24, 2.45) is 0 Å². The van der Waals surface area contributed by atoms with Gasteiger partial charge >= 0.3 is 0 Å². The predicted molar refractivity (Wildman–Crippen MR) is 54.5 cm³/mol. The van der Waals surface area contributed by atoms with Gasteiger partial charge in [-0.15, -0.1) is 0 Å². The Morgan fingerprint density at radius 3 is 2.62 bits per heavy atom. The number of rotatable bonds is 2. The Hall–Kier alpha value is 0.150. The van der Waals surface area contributed by atoms with Gasteiger partial charge in [-0.25, -0.2) is 13.8 Å². The average molecular weight is 366 g/mol. The van der Waals surface area contributed by atoms with Gasteiger partial charge in [-0.2, -0.15) is 4.39 Å². The van der Waals surface area contributed by atoms with Crippen molar-refractivity contribution in [2.75, 3.05) is 0 Å². The molecule has 0 radical (unpaired) electrons. The minimum atomic E-state index is -2.73. The van der Waals surface area contributed by atoms with Crippen LogP contribution in [-0.4, -0.2) is 4.98 Å². The highest BCUT2D eigenvalue weighted by atomic mass is 127. The summed E-state index contributed by atoms with van der Waals surface area (Å²) in [7, 11) is 0. The molecular weight excluding hydrogens is 362 g/mol. The van der Waals surface area contributed by atoms with Crippen molar-refractivity contribution in [1.29, 1.82) is 0 Å². The van der Waals surface area contributed by atoms with E-state index in [-0.39, 0.29) is 14.5 Å². The van der Waals surface area contributed by atoms with Gasteiger partial charge in [-0.1, -0.05) is 15.9 Å². The van der Waals surface area contributed by atoms with Gasteiger partial charge in [0.25, 0.3) is 6.43 Å². The molecule has 72 valence electrons. The fraction of sp³-hybridized carbons (Fsp3) is 0.286. The van der Waals surface area contributed by atoms with Crippen LogP contribution in [0.15, 0.2) is 6.07 Å². The van der Waals surface area contributed by atoms with Crippen molar-refractivity contribution in [3.05, 3.63) is 26.8 Å². The molecule has 0 aliphatic rings. The van der Waals surface area contributed by atoms with Crippen LogP contribution in [0.25, 0.3) is 0 Å². The van der Waals surface area contributed by atoms with Gasteiger partial charge in [0.2, 0.25) is 5.95 Å². The highest BCUT2D eigenvalue weighted by Gasteiger charge is 2.16. The maximum absolute atomic E-state index is 12.9. The molecule has 0 N–H and O–H groups in total. The molecule has 0 unspecified atom stereocenters. The van der Waals surface area contributed by atoms with Gasteiger partial charge in [0.15, 0.2) is 0 Å². The molecule has 1 aromatic heterocycles. The second-order valence-corrected chi connectivity index (χ2v) is 3.96. The number of aromatic nitrogens is 1. The molecule has 0 saturated carbocycles. The van der Waals surface area contributed by atoms with E-state index in [1.54, 1.807) is 22.6 Å². The predicted octanol–water partition coefficient (Wildman–Crippen LogP) is 3.66. The van der Waals surface area contributed by atoms with Crippen LogP contribution in [0, 0.1) is 9.52 Å². The molecule has 0 atom stereocenters. The molecule has 1 rings (SSSR count). The zero-order valence-corrected chi connectivity index (χ0v) is 9.94. The molecule has 0 aliphatic carbocycles. The molecule has 0 aliphatic heterocycles. The summed E-state index contributed by atoms with van der Waals surface area (Å²) >= 11 is 4.74. The Morgan fingerprint density at radius 1 is 1.54 bits per heavy atom. The lowest BCUT2D eigenvalue weighted by Crippen LogP contribution is -2.01. The first kappa shape index (κ1) is 11.2. The standard InChI is InChI=1S/C7H4BrF3IN/c8-2-3-1-4(12)5(6(9)10)13-7(3)11/h1,6H,2H2. The Morgan fingerprint density at radius 2 is 2.15 bits per heavy atom. The lowest BCUT2D eigenvalue weighted by molar-refractivity contribution is 0.143. The molecule has 0 saturated heterocycles. The van der Waals surface area contributed by atoms with Gasteiger partial charge in [0, 0.05) is 14.5 Å². The van der Waals surface area contributed by atoms with Gasteiger partial charge in [-0.05, 0) is 28.7 Å². The first-order valence-corrected chi connectivity index (χ1v) is 5.45. The number of hydrogen-bond acceptors (Lipinski definition) is 1. The van der Waals surface area contributed by atoms with E-state index < -0.39 is 18.1 Å². The molecule has 0 fully saturated rings. The van der Waals surface area contributed by atoms with Gasteiger partial charge in [-0.3, -0.25) is 0 Å². The number of alkyl halides is 3. The average Bonchev–Trinajstić information content (AvgIpc) is 2.07. The molecule has 0 spiro atoms. The van der Waals surface area contributed by atoms with Gasteiger partial charge in [0.1, 0.15) is 5.69 Å². The molecule has 0 amide bonds. The van der Waals surface area contributed by atoms with Crippen LogP contribution in [0.3, 0.4) is 0 Å². The Labute approximate surface area is 95.0 Å². The van der Waals surface area contributed by atoms with Crippen LogP contribution in [0.5, 0.6) is 0 Å². The maximum atomic E-state index is 12.9. The third-order valence-corrected chi connectivity index (χ3v) is 2.85. The normalized spacial score (nSPS) is 10.9. The zero-order valence-electron chi connectivity index (χ0n) is 6.20. The fourth-order valence-corrected chi connectivity index (χ4v) is 1.89. The quantitative estimate of drug-likeness (QED) is 0.443. The Kier molecular flexibility index (Phi) is 3.96. The van der Waals surface area contributed by atoms with Crippen molar-refractivity contribution in [1.82, 2.24) is 4.98 Å². The van der Waals surface area contributed by atoms with E-state index in [1.165, 1.54) is 6.07 Å². The van der Waals surface area contributed by atoms with E-state index in [2.05, 4.69) is 20.9 Å². The molecule has 1 nitrogen and oxygen atoms in total. The van der Waals surface area contributed by atoms with Crippen LogP contribution in [0.1, 0.15) is 17.7 Å². The Bertz CT molecular complexity index is 319. The van der Waals surface area contributed by atoms with E-state index in [0.717, 1.165) is 0 Å². The summed E-state index contributed by atoms with van der Waals surface area (Å²) in [5, 5.41) is 0.269. The lowest BCUT2D eigenvalue weighted by atomic mass is 10.3. The van der Waals surface area contributed by atoms with E-state index in [4.69, 9.17) is 0 Å². The second-order valence-electron chi connectivity index (χ2n) is 2.24.